The number of anilines is 2. The van der Waals surface area contributed by atoms with Gasteiger partial charge in [0.15, 0.2) is 0 Å². The number of amides is 1. The van der Waals surface area contributed by atoms with Gasteiger partial charge in [0.2, 0.25) is 5.91 Å². The van der Waals surface area contributed by atoms with Gasteiger partial charge in [0.05, 0.1) is 23.5 Å². The predicted octanol–water partition coefficient (Wildman–Crippen LogP) is 3.30. The first-order valence-electron chi connectivity index (χ1n) is 9.37. The van der Waals surface area contributed by atoms with Crippen molar-refractivity contribution in [2.75, 3.05) is 23.3 Å². The number of aliphatic hydroxyl groups is 1. The van der Waals surface area contributed by atoms with E-state index in [0.717, 1.165) is 5.56 Å². The smallest absolute Gasteiger partial charge is 0.315 e. The van der Waals surface area contributed by atoms with Gasteiger partial charge in [0, 0.05) is 36.1 Å². The van der Waals surface area contributed by atoms with Crippen LogP contribution >= 0.6 is 11.6 Å². The Balaban J connectivity index is 1.34. The first-order chi connectivity index (χ1) is 13.8. The van der Waals surface area contributed by atoms with E-state index in [4.69, 9.17) is 16.3 Å². The van der Waals surface area contributed by atoms with E-state index >= 15 is 0 Å². The summed E-state index contributed by atoms with van der Waals surface area (Å²) in [5.41, 5.74) is 0.874. The molecule has 0 unspecified atom stereocenters. The highest BCUT2D eigenvalue weighted by Gasteiger charge is 2.35. The molecule has 6 nitrogen and oxygen atoms in total. The molecule has 2 aromatic rings. The fraction of sp³-hybridized carbons (Fsp3) is 0.333. The number of nitrogens with zero attached hydrogens (tertiary/aromatic N) is 1. The van der Waals surface area contributed by atoms with Crippen LogP contribution in [0.4, 0.5) is 15.8 Å². The molecule has 4 rings (SSSR count). The second-order valence-electron chi connectivity index (χ2n) is 7.51. The minimum absolute atomic E-state index is 0.0489. The second-order valence-corrected chi connectivity index (χ2v) is 7.92. The molecule has 0 bridgehead atoms. The van der Waals surface area contributed by atoms with E-state index in [2.05, 4.69) is 5.32 Å². The Hall–Kier alpha value is -2.64. The fourth-order valence-corrected chi connectivity index (χ4v) is 3.85. The number of carbonyl (C=O) groups is 2. The van der Waals surface area contributed by atoms with E-state index in [1.54, 1.807) is 24.3 Å². The van der Waals surface area contributed by atoms with Crippen molar-refractivity contribution in [3.8, 4) is 5.75 Å². The lowest BCUT2D eigenvalue weighted by atomic mass is 9.87. The van der Waals surface area contributed by atoms with Gasteiger partial charge in [-0.25, -0.2) is 4.39 Å². The van der Waals surface area contributed by atoms with Crippen LogP contribution in [0.25, 0.3) is 0 Å². The van der Waals surface area contributed by atoms with Gasteiger partial charge in [-0.05, 0) is 37.1 Å². The van der Waals surface area contributed by atoms with Gasteiger partial charge >= 0.3 is 5.97 Å². The third-order valence-corrected chi connectivity index (χ3v) is 5.67. The predicted molar refractivity (Wildman–Crippen MR) is 107 cm³/mol. The molecule has 8 heteroatoms. The standard InChI is InChI=1S/C21H20ClFN2O4/c22-16-4-3-15(11-17(16)23)25-7-5-21(28,6-8-25)12-19(26)24-14-2-1-13-9-20(27)29-18(13)10-14/h1-4,10-11,28H,5-9,12H2,(H,24,26). The van der Waals surface area contributed by atoms with Crippen molar-refractivity contribution in [3.05, 3.63) is 52.8 Å². The van der Waals surface area contributed by atoms with Gasteiger partial charge < -0.3 is 20.1 Å². The summed E-state index contributed by atoms with van der Waals surface area (Å²) in [7, 11) is 0. The number of esters is 1. The molecule has 152 valence electrons. The Bertz CT molecular complexity index is 973. The molecule has 0 radical (unpaired) electrons. The minimum Gasteiger partial charge on any atom is -0.426 e. The molecule has 0 aromatic heterocycles. The van der Waals surface area contributed by atoms with E-state index < -0.39 is 11.4 Å². The zero-order valence-corrected chi connectivity index (χ0v) is 16.3. The maximum atomic E-state index is 13.7. The number of hydrogen-bond donors (Lipinski definition) is 2. The summed E-state index contributed by atoms with van der Waals surface area (Å²) in [5.74, 6) is -0.660. The van der Waals surface area contributed by atoms with E-state index in [1.165, 1.54) is 12.1 Å². The average Bonchev–Trinajstić information content (AvgIpc) is 3.03. The van der Waals surface area contributed by atoms with Crippen molar-refractivity contribution < 1.29 is 23.8 Å². The van der Waals surface area contributed by atoms with Gasteiger partial charge in [-0.2, -0.15) is 0 Å². The molecule has 1 amide bonds. The topological polar surface area (TPSA) is 78.9 Å². The quantitative estimate of drug-likeness (QED) is 0.588. The van der Waals surface area contributed by atoms with E-state index in [0.29, 0.717) is 43.1 Å². The van der Waals surface area contributed by atoms with Gasteiger partial charge in [0.1, 0.15) is 11.6 Å². The monoisotopic (exact) mass is 418 g/mol. The largest absolute Gasteiger partial charge is 0.426 e. The van der Waals surface area contributed by atoms with Crippen LogP contribution in [0, 0.1) is 5.82 Å². The molecule has 1 fully saturated rings. The number of halogens is 2. The first-order valence-corrected chi connectivity index (χ1v) is 9.75. The van der Waals surface area contributed by atoms with Crippen LogP contribution in [-0.2, 0) is 16.0 Å². The molecule has 2 heterocycles. The van der Waals surface area contributed by atoms with Crippen molar-refractivity contribution in [1.82, 2.24) is 0 Å². The Morgan fingerprint density at radius 2 is 2.00 bits per heavy atom. The summed E-state index contributed by atoms with van der Waals surface area (Å²) in [6, 6.07) is 9.69. The van der Waals surface area contributed by atoms with Gasteiger partial charge in [-0.3, -0.25) is 9.59 Å². The van der Waals surface area contributed by atoms with Crippen LogP contribution < -0.4 is 15.0 Å². The normalized spacial score (nSPS) is 17.6. The maximum Gasteiger partial charge on any atom is 0.315 e. The lowest BCUT2D eigenvalue weighted by Gasteiger charge is -2.39. The van der Waals surface area contributed by atoms with Crippen molar-refractivity contribution in [2.45, 2.75) is 31.3 Å². The van der Waals surface area contributed by atoms with E-state index in [1.807, 2.05) is 4.90 Å². The molecular formula is C21H20ClFN2O4. The Kier molecular flexibility index (Phi) is 5.19. The summed E-state index contributed by atoms with van der Waals surface area (Å²) in [4.78, 5) is 25.7. The van der Waals surface area contributed by atoms with Crippen molar-refractivity contribution in [1.29, 1.82) is 0 Å². The third kappa shape index (κ3) is 4.36. The number of nitrogens with one attached hydrogen (secondary N) is 1. The van der Waals surface area contributed by atoms with E-state index in [-0.39, 0.29) is 29.7 Å². The van der Waals surface area contributed by atoms with Gasteiger partial charge in [-0.15, -0.1) is 0 Å². The zero-order valence-electron chi connectivity index (χ0n) is 15.6. The van der Waals surface area contributed by atoms with Crippen LogP contribution in [0.3, 0.4) is 0 Å². The SMILES string of the molecule is O=C(CC1(O)CCN(c2ccc(Cl)c(F)c2)CC1)Nc1ccc2c(c1)OC(=O)C2. The highest BCUT2D eigenvalue weighted by molar-refractivity contribution is 6.30. The molecule has 2 aromatic carbocycles. The number of rotatable bonds is 4. The number of fused-ring (bicyclic) bond motifs is 1. The summed E-state index contributed by atoms with van der Waals surface area (Å²) in [6.07, 6.45) is 0.947. The molecule has 1 saturated heterocycles. The molecule has 2 aliphatic rings. The van der Waals surface area contributed by atoms with Gasteiger partial charge in [0.25, 0.3) is 0 Å². The molecule has 0 aliphatic carbocycles. The Labute approximate surface area is 172 Å². The van der Waals surface area contributed by atoms with Crippen molar-refractivity contribution in [3.63, 3.8) is 0 Å². The highest BCUT2D eigenvalue weighted by atomic mass is 35.5. The molecule has 2 aliphatic heterocycles. The molecular weight excluding hydrogens is 399 g/mol. The fourth-order valence-electron chi connectivity index (χ4n) is 3.73. The second kappa shape index (κ2) is 7.65. The number of benzene rings is 2. The number of ether oxygens (including phenoxy) is 1. The third-order valence-electron chi connectivity index (χ3n) is 5.36. The lowest BCUT2D eigenvalue weighted by Crippen LogP contribution is -2.46. The van der Waals surface area contributed by atoms with Crippen LogP contribution in [0.15, 0.2) is 36.4 Å². The Morgan fingerprint density at radius 3 is 2.72 bits per heavy atom. The molecule has 2 N–H and O–H groups in total. The molecule has 0 atom stereocenters. The highest BCUT2D eigenvalue weighted by Crippen LogP contribution is 2.32. The zero-order chi connectivity index (χ0) is 20.6. The van der Waals surface area contributed by atoms with Crippen LogP contribution in [0.1, 0.15) is 24.8 Å². The lowest BCUT2D eigenvalue weighted by molar-refractivity contribution is -0.131. The van der Waals surface area contributed by atoms with Crippen molar-refractivity contribution >= 4 is 34.9 Å². The average molecular weight is 419 g/mol. The molecule has 0 saturated carbocycles. The Morgan fingerprint density at radius 1 is 1.24 bits per heavy atom. The summed E-state index contributed by atoms with van der Waals surface area (Å²) < 4.78 is 18.8. The number of piperidine rings is 1. The summed E-state index contributed by atoms with van der Waals surface area (Å²) in [5, 5.41) is 13.6. The summed E-state index contributed by atoms with van der Waals surface area (Å²) >= 11 is 5.72. The molecule has 0 spiro atoms. The maximum absolute atomic E-state index is 13.7. The first kappa shape index (κ1) is 19.7. The molecule has 29 heavy (non-hydrogen) atoms. The van der Waals surface area contributed by atoms with Gasteiger partial charge in [-0.1, -0.05) is 17.7 Å². The number of carbonyl (C=O) groups excluding carboxylic acids is 2. The number of hydrogen-bond acceptors (Lipinski definition) is 5. The van der Waals surface area contributed by atoms with E-state index in [9.17, 15) is 19.1 Å². The van der Waals surface area contributed by atoms with Crippen LogP contribution in [0.5, 0.6) is 5.75 Å². The van der Waals surface area contributed by atoms with Crippen LogP contribution in [0.2, 0.25) is 5.02 Å². The van der Waals surface area contributed by atoms with Crippen LogP contribution in [-0.4, -0.2) is 35.7 Å². The van der Waals surface area contributed by atoms with Crippen molar-refractivity contribution in [2.24, 2.45) is 0 Å². The minimum atomic E-state index is -1.13. The summed E-state index contributed by atoms with van der Waals surface area (Å²) in [6.45, 7) is 0.999.